The van der Waals surface area contributed by atoms with Crippen molar-refractivity contribution in [3.8, 4) is 23.1 Å². The van der Waals surface area contributed by atoms with Gasteiger partial charge < -0.3 is 0 Å². The number of rotatable bonds is 4. The summed E-state index contributed by atoms with van der Waals surface area (Å²) in [5.74, 6) is 1.06. The molecule has 0 aliphatic carbocycles. The lowest BCUT2D eigenvalue weighted by Crippen LogP contribution is -1.99. The van der Waals surface area contributed by atoms with Gasteiger partial charge in [-0.05, 0) is 31.2 Å². The van der Waals surface area contributed by atoms with E-state index in [-0.39, 0.29) is 0 Å². The Hall–Kier alpha value is -2.29. The highest BCUT2D eigenvalue weighted by molar-refractivity contribution is 7.99. The number of benzene rings is 2. The van der Waals surface area contributed by atoms with E-state index in [1.807, 2.05) is 60.0 Å². The maximum atomic E-state index is 8.83. The minimum absolute atomic E-state index is 0.319. The van der Waals surface area contributed by atoms with Crippen LogP contribution < -0.4 is 0 Å². The predicted octanol–water partition coefficient (Wildman–Crippen LogP) is 4.51. The Morgan fingerprint density at radius 1 is 1.09 bits per heavy atom. The van der Waals surface area contributed by atoms with E-state index in [4.69, 9.17) is 16.9 Å². The van der Waals surface area contributed by atoms with Gasteiger partial charge in [0.05, 0.1) is 11.8 Å². The van der Waals surface area contributed by atoms with E-state index >= 15 is 0 Å². The van der Waals surface area contributed by atoms with Gasteiger partial charge in [0.25, 0.3) is 0 Å². The van der Waals surface area contributed by atoms with Gasteiger partial charge in [-0.25, -0.2) is 0 Å². The standard InChI is InChI=1S/C17H13ClN4S/c1-12-2-4-13(5-3-12)16-20-21-17(23-11-10-19)22(16)15-8-6-14(18)7-9-15/h2-9H,11H2,1H3. The van der Waals surface area contributed by atoms with Crippen LogP contribution in [0.1, 0.15) is 5.56 Å². The summed E-state index contributed by atoms with van der Waals surface area (Å²) in [6.07, 6.45) is 0. The smallest absolute Gasteiger partial charge is 0.197 e. The summed E-state index contributed by atoms with van der Waals surface area (Å²) in [5, 5.41) is 18.8. The molecule has 23 heavy (non-hydrogen) atoms. The summed E-state index contributed by atoms with van der Waals surface area (Å²) < 4.78 is 1.95. The van der Waals surface area contributed by atoms with Crippen LogP contribution in [0.2, 0.25) is 5.02 Å². The fraction of sp³-hybridized carbons (Fsp3) is 0.118. The first-order valence-electron chi connectivity index (χ1n) is 6.97. The number of nitrogens with zero attached hydrogens (tertiary/aromatic N) is 4. The van der Waals surface area contributed by atoms with Crippen molar-refractivity contribution in [2.75, 3.05) is 5.75 Å². The molecule has 0 radical (unpaired) electrons. The van der Waals surface area contributed by atoms with E-state index in [0.717, 1.165) is 17.1 Å². The third-order valence-corrected chi connectivity index (χ3v) is 4.34. The van der Waals surface area contributed by atoms with Gasteiger partial charge in [-0.1, -0.05) is 53.2 Å². The summed E-state index contributed by atoms with van der Waals surface area (Å²) in [6.45, 7) is 2.04. The fourth-order valence-electron chi connectivity index (χ4n) is 2.17. The molecule has 0 atom stereocenters. The molecular weight excluding hydrogens is 328 g/mol. The van der Waals surface area contributed by atoms with Crippen molar-refractivity contribution in [2.24, 2.45) is 0 Å². The van der Waals surface area contributed by atoms with Crippen LogP contribution in [0.15, 0.2) is 53.7 Å². The van der Waals surface area contributed by atoms with E-state index in [9.17, 15) is 0 Å². The normalized spacial score (nSPS) is 10.5. The second-order valence-electron chi connectivity index (χ2n) is 4.93. The summed E-state index contributed by atoms with van der Waals surface area (Å²) in [7, 11) is 0. The summed E-state index contributed by atoms with van der Waals surface area (Å²) >= 11 is 7.34. The maximum Gasteiger partial charge on any atom is 0.197 e. The Labute approximate surface area is 143 Å². The first-order chi connectivity index (χ1) is 11.2. The van der Waals surface area contributed by atoms with Gasteiger partial charge >= 0.3 is 0 Å². The molecule has 0 bridgehead atoms. The number of thioether (sulfide) groups is 1. The van der Waals surface area contributed by atoms with Crippen molar-refractivity contribution >= 4 is 23.4 Å². The number of aryl methyl sites for hydroxylation is 1. The van der Waals surface area contributed by atoms with Crippen molar-refractivity contribution in [3.05, 3.63) is 59.1 Å². The Bertz CT molecular complexity index is 848. The van der Waals surface area contributed by atoms with Crippen LogP contribution in [0.4, 0.5) is 0 Å². The third kappa shape index (κ3) is 3.39. The SMILES string of the molecule is Cc1ccc(-c2nnc(SCC#N)n2-c2ccc(Cl)cc2)cc1. The van der Waals surface area contributed by atoms with Crippen LogP contribution in [-0.4, -0.2) is 20.5 Å². The zero-order valence-corrected chi connectivity index (χ0v) is 14.0. The largest absolute Gasteiger partial charge is 0.270 e. The van der Waals surface area contributed by atoms with E-state index in [1.54, 1.807) is 0 Å². The molecule has 2 aromatic carbocycles. The van der Waals surface area contributed by atoms with Crippen LogP contribution in [0.5, 0.6) is 0 Å². The summed E-state index contributed by atoms with van der Waals surface area (Å²) in [4.78, 5) is 0. The van der Waals surface area contributed by atoms with Crippen molar-refractivity contribution in [1.82, 2.24) is 14.8 Å². The van der Waals surface area contributed by atoms with Crippen molar-refractivity contribution in [1.29, 1.82) is 5.26 Å². The number of nitriles is 1. The van der Waals surface area contributed by atoms with Gasteiger partial charge in [-0.3, -0.25) is 4.57 Å². The van der Waals surface area contributed by atoms with Gasteiger partial charge in [0.1, 0.15) is 0 Å². The van der Waals surface area contributed by atoms with Gasteiger partial charge in [0.15, 0.2) is 11.0 Å². The molecule has 1 heterocycles. The molecule has 0 unspecified atom stereocenters. The zero-order chi connectivity index (χ0) is 16.2. The van der Waals surface area contributed by atoms with Crippen molar-refractivity contribution < 1.29 is 0 Å². The average Bonchev–Trinajstić information content (AvgIpc) is 2.98. The van der Waals surface area contributed by atoms with Gasteiger partial charge in [-0.15, -0.1) is 10.2 Å². The highest BCUT2D eigenvalue weighted by atomic mass is 35.5. The molecule has 0 saturated carbocycles. The topological polar surface area (TPSA) is 54.5 Å². The number of halogens is 1. The third-order valence-electron chi connectivity index (χ3n) is 3.29. The van der Waals surface area contributed by atoms with E-state index in [0.29, 0.717) is 15.9 Å². The summed E-state index contributed by atoms with van der Waals surface area (Å²) in [5.41, 5.74) is 3.07. The number of hydrogen-bond donors (Lipinski definition) is 0. The Morgan fingerprint density at radius 3 is 2.43 bits per heavy atom. The Balaban J connectivity index is 2.12. The zero-order valence-electron chi connectivity index (χ0n) is 12.4. The van der Waals surface area contributed by atoms with E-state index in [2.05, 4.69) is 16.3 Å². The van der Waals surface area contributed by atoms with Crippen molar-refractivity contribution in [3.63, 3.8) is 0 Å². The molecule has 1 aromatic heterocycles. The quantitative estimate of drug-likeness (QED) is 0.655. The molecule has 0 spiro atoms. The Kier molecular flexibility index (Phi) is 4.65. The second kappa shape index (κ2) is 6.86. The molecule has 0 aliphatic rings. The Morgan fingerprint density at radius 2 is 1.78 bits per heavy atom. The van der Waals surface area contributed by atoms with E-state index in [1.165, 1.54) is 17.3 Å². The molecular formula is C17H13ClN4S. The van der Waals surface area contributed by atoms with Gasteiger partial charge in [0.2, 0.25) is 0 Å². The second-order valence-corrected chi connectivity index (χ2v) is 6.31. The lowest BCUT2D eigenvalue weighted by atomic mass is 10.1. The predicted molar refractivity (Wildman–Crippen MR) is 92.9 cm³/mol. The minimum Gasteiger partial charge on any atom is -0.270 e. The van der Waals surface area contributed by atoms with Crippen LogP contribution in [0, 0.1) is 18.3 Å². The van der Waals surface area contributed by atoms with Crippen LogP contribution >= 0.6 is 23.4 Å². The maximum absolute atomic E-state index is 8.83. The molecule has 114 valence electrons. The molecule has 6 heteroatoms. The molecule has 0 fully saturated rings. The minimum atomic E-state index is 0.319. The molecule has 3 aromatic rings. The number of hydrogen-bond acceptors (Lipinski definition) is 4. The molecule has 0 N–H and O–H groups in total. The van der Waals surface area contributed by atoms with Crippen LogP contribution in [0.25, 0.3) is 17.1 Å². The molecule has 0 amide bonds. The van der Waals surface area contributed by atoms with Crippen LogP contribution in [-0.2, 0) is 0 Å². The first kappa shape index (κ1) is 15.6. The first-order valence-corrected chi connectivity index (χ1v) is 8.33. The molecule has 4 nitrogen and oxygen atoms in total. The summed E-state index contributed by atoms with van der Waals surface area (Å²) in [6, 6.07) is 17.7. The fourth-order valence-corrected chi connectivity index (χ4v) is 2.91. The van der Waals surface area contributed by atoms with Gasteiger partial charge in [-0.2, -0.15) is 5.26 Å². The lowest BCUT2D eigenvalue weighted by Gasteiger charge is -2.10. The number of aromatic nitrogens is 3. The highest BCUT2D eigenvalue weighted by Crippen LogP contribution is 2.28. The van der Waals surface area contributed by atoms with Crippen LogP contribution in [0.3, 0.4) is 0 Å². The molecule has 0 saturated heterocycles. The monoisotopic (exact) mass is 340 g/mol. The lowest BCUT2D eigenvalue weighted by molar-refractivity contribution is 0.888. The highest BCUT2D eigenvalue weighted by Gasteiger charge is 2.16. The average molecular weight is 341 g/mol. The van der Waals surface area contributed by atoms with E-state index < -0.39 is 0 Å². The molecule has 0 aliphatic heterocycles. The molecule has 3 rings (SSSR count). The van der Waals surface area contributed by atoms with Crippen molar-refractivity contribution in [2.45, 2.75) is 12.1 Å². The van der Waals surface area contributed by atoms with Gasteiger partial charge in [0, 0.05) is 16.3 Å².